The summed E-state index contributed by atoms with van der Waals surface area (Å²) >= 11 is 0. The van der Waals surface area contributed by atoms with Crippen molar-refractivity contribution in [1.29, 1.82) is 0 Å². The Labute approximate surface area is 128 Å². The van der Waals surface area contributed by atoms with Crippen LogP contribution in [0.15, 0.2) is 24.3 Å². The van der Waals surface area contributed by atoms with Crippen molar-refractivity contribution in [2.75, 3.05) is 5.32 Å². The topological polar surface area (TPSA) is 41.1 Å². The molecule has 0 aliphatic heterocycles. The average molecular weight is 288 g/mol. The molecule has 0 heterocycles. The SMILES string of the molecule is CCCCCCCC(=O)Nc1ccc(CNC2CC2)cc1. The van der Waals surface area contributed by atoms with Crippen LogP contribution in [0.3, 0.4) is 0 Å². The second kappa shape index (κ2) is 8.83. The zero-order valence-corrected chi connectivity index (χ0v) is 13.2. The zero-order valence-electron chi connectivity index (χ0n) is 13.2. The van der Waals surface area contributed by atoms with Crippen molar-refractivity contribution in [1.82, 2.24) is 5.32 Å². The summed E-state index contributed by atoms with van der Waals surface area (Å²) in [6, 6.07) is 8.91. The molecule has 0 saturated heterocycles. The van der Waals surface area contributed by atoms with Crippen molar-refractivity contribution in [2.45, 2.75) is 70.9 Å². The Kier molecular flexibility index (Phi) is 6.74. The summed E-state index contributed by atoms with van der Waals surface area (Å²) in [5, 5.41) is 6.47. The van der Waals surface area contributed by atoms with Gasteiger partial charge in [-0.3, -0.25) is 4.79 Å². The molecule has 2 N–H and O–H groups in total. The molecule has 0 bridgehead atoms. The highest BCUT2D eigenvalue weighted by Crippen LogP contribution is 2.19. The van der Waals surface area contributed by atoms with E-state index < -0.39 is 0 Å². The van der Waals surface area contributed by atoms with Crippen LogP contribution in [0.2, 0.25) is 0 Å². The lowest BCUT2D eigenvalue weighted by molar-refractivity contribution is -0.116. The van der Waals surface area contributed by atoms with Crippen molar-refractivity contribution in [3.05, 3.63) is 29.8 Å². The van der Waals surface area contributed by atoms with E-state index in [1.165, 1.54) is 37.7 Å². The van der Waals surface area contributed by atoms with E-state index in [1.807, 2.05) is 12.1 Å². The molecule has 0 radical (unpaired) electrons. The van der Waals surface area contributed by atoms with Gasteiger partial charge in [0.1, 0.15) is 0 Å². The highest BCUT2D eigenvalue weighted by atomic mass is 16.1. The van der Waals surface area contributed by atoms with Crippen molar-refractivity contribution < 1.29 is 4.79 Å². The Hall–Kier alpha value is -1.35. The molecule has 3 nitrogen and oxygen atoms in total. The van der Waals surface area contributed by atoms with Gasteiger partial charge < -0.3 is 10.6 Å². The van der Waals surface area contributed by atoms with Gasteiger partial charge in [-0.05, 0) is 37.0 Å². The van der Waals surface area contributed by atoms with E-state index >= 15 is 0 Å². The Morgan fingerprint density at radius 1 is 1.10 bits per heavy atom. The predicted octanol–water partition coefficient (Wildman–Crippen LogP) is 4.24. The molecule has 1 aliphatic rings. The van der Waals surface area contributed by atoms with Gasteiger partial charge in [0.15, 0.2) is 0 Å². The number of hydrogen-bond acceptors (Lipinski definition) is 2. The van der Waals surface area contributed by atoms with Gasteiger partial charge in [0, 0.05) is 24.7 Å². The summed E-state index contributed by atoms with van der Waals surface area (Å²) in [5.41, 5.74) is 2.18. The monoisotopic (exact) mass is 288 g/mol. The smallest absolute Gasteiger partial charge is 0.224 e. The van der Waals surface area contributed by atoms with Gasteiger partial charge in [-0.1, -0.05) is 44.7 Å². The molecule has 1 saturated carbocycles. The van der Waals surface area contributed by atoms with E-state index in [2.05, 4.69) is 29.7 Å². The first-order valence-electron chi connectivity index (χ1n) is 8.40. The minimum absolute atomic E-state index is 0.135. The lowest BCUT2D eigenvalue weighted by Gasteiger charge is -2.07. The molecule has 0 spiro atoms. The molecular weight excluding hydrogens is 260 g/mol. The van der Waals surface area contributed by atoms with Crippen LogP contribution in [0.1, 0.15) is 63.9 Å². The van der Waals surface area contributed by atoms with Gasteiger partial charge in [0.2, 0.25) is 5.91 Å². The average Bonchev–Trinajstić information content (AvgIpc) is 3.31. The lowest BCUT2D eigenvalue weighted by atomic mass is 10.1. The third kappa shape index (κ3) is 6.76. The summed E-state index contributed by atoms with van der Waals surface area (Å²) in [6.45, 7) is 3.13. The summed E-state index contributed by atoms with van der Waals surface area (Å²) in [7, 11) is 0. The van der Waals surface area contributed by atoms with Gasteiger partial charge in [-0.15, -0.1) is 0 Å². The normalized spacial score (nSPS) is 14.1. The molecule has 2 rings (SSSR count). The van der Waals surface area contributed by atoms with Crippen molar-refractivity contribution in [2.24, 2.45) is 0 Å². The molecule has 3 heteroatoms. The molecule has 1 fully saturated rings. The first kappa shape index (κ1) is 16.0. The van der Waals surface area contributed by atoms with Crippen LogP contribution in [0.5, 0.6) is 0 Å². The predicted molar refractivity (Wildman–Crippen MR) is 88.3 cm³/mol. The first-order chi connectivity index (χ1) is 10.3. The Balaban J connectivity index is 1.63. The number of unbranched alkanes of at least 4 members (excludes halogenated alkanes) is 4. The minimum atomic E-state index is 0.135. The van der Waals surface area contributed by atoms with Gasteiger partial charge >= 0.3 is 0 Å². The molecule has 0 atom stereocenters. The van der Waals surface area contributed by atoms with E-state index in [0.717, 1.165) is 31.1 Å². The van der Waals surface area contributed by atoms with Gasteiger partial charge in [0.25, 0.3) is 0 Å². The molecule has 116 valence electrons. The number of carbonyl (C=O) groups excluding carboxylic acids is 1. The second-order valence-electron chi connectivity index (χ2n) is 6.06. The summed E-state index contributed by atoms with van der Waals surface area (Å²) in [5.74, 6) is 0.135. The minimum Gasteiger partial charge on any atom is -0.326 e. The third-order valence-electron chi connectivity index (χ3n) is 3.92. The Bertz CT molecular complexity index is 423. The fraction of sp³-hybridized carbons (Fsp3) is 0.611. The standard InChI is InChI=1S/C18H28N2O/c1-2-3-4-5-6-7-18(21)20-17-10-8-15(9-11-17)14-19-16-12-13-16/h8-11,16,19H,2-7,12-14H2,1H3,(H,20,21). The molecule has 0 aromatic heterocycles. The largest absolute Gasteiger partial charge is 0.326 e. The van der Waals surface area contributed by atoms with Gasteiger partial charge in [-0.2, -0.15) is 0 Å². The number of benzene rings is 1. The molecule has 1 amide bonds. The fourth-order valence-electron chi connectivity index (χ4n) is 2.37. The maximum Gasteiger partial charge on any atom is 0.224 e. The van der Waals surface area contributed by atoms with Crippen LogP contribution in [-0.2, 0) is 11.3 Å². The Morgan fingerprint density at radius 2 is 1.81 bits per heavy atom. The van der Waals surface area contributed by atoms with E-state index in [9.17, 15) is 4.79 Å². The van der Waals surface area contributed by atoms with E-state index in [-0.39, 0.29) is 5.91 Å². The fourth-order valence-corrected chi connectivity index (χ4v) is 2.37. The quantitative estimate of drug-likeness (QED) is 0.632. The number of nitrogens with one attached hydrogen (secondary N) is 2. The van der Waals surface area contributed by atoms with Crippen LogP contribution >= 0.6 is 0 Å². The molecule has 21 heavy (non-hydrogen) atoms. The Morgan fingerprint density at radius 3 is 2.48 bits per heavy atom. The van der Waals surface area contributed by atoms with Crippen LogP contribution in [-0.4, -0.2) is 11.9 Å². The highest BCUT2D eigenvalue weighted by Gasteiger charge is 2.19. The first-order valence-corrected chi connectivity index (χ1v) is 8.40. The van der Waals surface area contributed by atoms with Crippen molar-refractivity contribution in [3.63, 3.8) is 0 Å². The number of carbonyl (C=O) groups is 1. The van der Waals surface area contributed by atoms with E-state index in [1.54, 1.807) is 0 Å². The van der Waals surface area contributed by atoms with Crippen LogP contribution in [0.25, 0.3) is 0 Å². The molecule has 0 unspecified atom stereocenters. The zero-order chi connectivity index (χ0) is 14.9. The number of rotatable bonds is 10. The van der Waals surface area contributed by atoms with Crippen molar-refractivity contribution >= 4 is 11.6 Å². The molecule has 1 aliphatic carbocycles. The highest BCUT2D eigenvalue weighted by molar-refractivity contribution is 5.90. The summed E-state index contributed by atoms with van der Waals surface area (Å²) < 4.78 is 0. The third-order valence-corrected chi connectivity index (χ3v) is 3.92. The van der Waals surface area contributed by atoms with E-state index in [4.69, 9.17) is 0 Å². The molecule has 1 aromatic carbocycles. The molecular formula is C18H28N2O. The molecule has 1 aromatic rings. The van der Waals surface area contributed by atoms with Crippen LogP contribution < -0.4 is 10.6 Å². The summed E-state index contributed by atoms with van der Waals surface area (Å²) in [4.78, 5) is 11.8. The van der Waals surface area contributed by atoms with Gasteiger partial charge in [-0.25, -0.2) is 0 Å². The van der Waals surface area contributed by atoms with E-state index in [0.29, 0.717) is 6.42 Å². The van der Waals surface area contributed by atoms with Crippen LogP contribution in [0.4, 0.5) is 5.69 Å². The lowest BCUT2D eigenvalue weighted by Crippen LogP contribution is -2.15. The van der Waals surface area contributed by atoms with Crippen LogP contribution in [0, 0.1) is 0 Å². The van der Waals surface area contributed by atoms with Gasteiger partial charge in [0.05, 0.1) is 0 Å². The number of anilines is 1. The second-order valence-corrected chi connectivity index (χ2v) is 6.06. The summed E-state index contributed by atoms with van der Waals surface area (Å²) in [6.07, 6.45) is 9.17. The number of hydrogen-bond donors (Lipinski definition) is 2. The maximum atomic E-state index is 11.8. The number of amides is 1. The maximum absolute atomic E-state index is 11.8. The van der Waals surface area contributed by atoms with Crippen molar-refractivity contribution in [3.8, 4) is 0 Å².